The number of aliphatic hydroxyl groups is 1. The van der Waals surface area contributed by atoms with Gasteiger partial charge >= 0.3 is 12.1 Å². The van der Waals surface area contributed by atoms with Crippen molar-refractivity contribution in [2.75, 3.05) is 32.8 Å². The molecule has 1 amide bonds. The molecule has 2 aliphatic heterocycles. The molecule has 4 saturated carbocycles. The highest BCUT2D eigenvalue weighted by molar-refractivity contribution is 5.85. The Hall–Kier alpha value is -1.60. The fraction of sp³-hybridized carbons (Fsp3) is 0.857. The number of hydrogen-bond acceptors (Lipinski definition) is 6. The zero-order chi connectivity index (χ0) is 24.4. The van der Waals surface area contributed by atoms with Crippen molar-refractivity contribution in [3.8, 4) is 0 Å². The second-order valence-electron chi connectivity index (χ2n) is 12.8. The molecule has 0 aromatic rings. The zero-order valence-corrected chi connectivity index (χ0v) is 21.4. The minimum Gasteiger partial charge on any atom is -0.458 e. The molecule has 6 aliphatic rings. The van der Waals surface area contributed by atoms with Crippen molar-refractivity contribution in [2.24, 2.45) is 34.5 Å². The fourth-order valence-electron chi connectivity index (χ4n) is 9.54. The van der Waals surface area contributed by atoms with E-state index in [1.165, 1.54) is 0 Å². The van der Waals surface area contributed by atoms with Gasteiger partial charge in [-0.25, -0.2) is 9.59 Å². The first kappa shape index (κ1) is 23.8. The molecule has 0 spiro atoms. The number of nitrogens with one attached hydrogen (secondary N) is 1. The molecule has 5 fully saturated rings. The van der Waals surface area contributed by atoms with Gasteiger partial charge in [-0.1, -0.05) is 13.8 Å². The van der Waals surface area contributed by atoms with Crippen LogP contribution in [0.3, 0.4) is 0 Å². The molecule has 7 heteroatoms. The van der Waals surface area contributed by atoms with E-state index >= 15 is 0 Å². The van der Waals surface area contributed by atoms with Crippen LogP contribution >= 0.6 is 0 Å². The summed E-state index contributed by atoms with van der Waals surface area (Å²) in [5, 5.41) is 15.6. The van der Waals surface area contributed by atoms with Crippen molar-refractivity contribution in [1.82, 2.24) is 10.2 Å². The molecule has 1 saturated heterocycles. The summed E-state index contributed by atoms with van der Waals surface area (Å²) in [5.41, 5.74) is 0.431. The first-order valence-corrected chi connectivity index (χ1v) is 14.0. The van der Waals surface area contributed by atoms with Crippen LogP contribution in [0.5, 0.6) is 0 Å². The van der Waals surface area contributed by atoms with E-state index in [1.54, 1.807) is 6.08 Å². The van der Waals surface area contributed by atoms with Crippen LogP contribution in [0.4, 0.5) is 4.79 Å². The van der Waals surface area contributed by atoms with E-state index in [-0.39, 0.29) is 34.9 Å². The van der Waals surface area contributed by atoms with Gasteiger partial charge in [0.15, 0.2) is 0 Å². The quantitative estimate of drug-likeness (QED) is 0.580. The molecule has 2 N–H and O–H groups in total. The number of ether oxygens (including phenoxy) is 2. The topological polar surface area (TPSA) is 88.1 Å². The predicted molar refractivity (Wildman–Crippen MR) is 130 cm³/mol. The summed E-state index contributed by atoms with van der Waals surface area (Å²) >= 11 is 0. The minimum atomic E-state index is -0.674. The van der Waals surface area contributed by atoms with Crippen molar-refractivity contribution in [3.63, 3.8) is 0 Å². The molecule has 2 heterocycles. The summed E-state index contributed by atoms with van der Waals surface area (Å²) in [6, 6.07) is 0. The Bertz CT molecular complexity index is 915. The normalized spacial score (nSPS) is 47.3. The van der Waals surface area contributed by atoms with Crippen molar-refractivity contribution in [2.45, 2.75) is 83.3 Å². The van der Waals surface area contributed by atoms with Gasteiger partial charge in [0, 0.05) is 37.7 Å². The number of piperazine rings is 1. The summed E-state index contributed by atoms with van der Waals surface area (Å²) in [4.78, 5) is 26.3. The molecule has 8 atom stereocenters. The maximum Gasteiger partial charge on any atom is 0.410 e. The summed E-state index contributed by atoms with van der Waals surface area (Å²) in [6.07, 6.45) is 10.6. The zero-order valence-electron chi connectivity index (χ0n) is 21.4. The van der Waals surface area contributed by atoms with Crippen LogP contribution in [-0.4, -0.2) is 66.6 Å². The molecule has 0 unspecified atom stereocenters. The number of cyclic esters (lactones) is 1. The van der Waals surface area contributed by atoms with E-state index in [1.807, 2.05) is 4.90 Å². The highest BCUT2D eigenvalue weighted by Gasteiger charge is 2.67. The summed E-state index contributed by atoms with van der Waals surface area (Å²) in [7, 11) is 0. The molecule has 0 bridgehead atoms. The van der Waals surface area contributed by atoms with Gasteiger partial charge in [0.25, 0.3) is 0 Å². The standard InChI is InChI=1S/C28H42N2O5/c1-26-8-5-20(35-25(32)30-13-11-29-12-14-30)16-19(26)3-4-23-22(26)6-9-27(2)21(7-10-28(23,27)33)18-15-24(31)34-17-18/h15,19-23,29,33H,3-14,16-17H2,1-2H3/t19-,20+,21-,22+,23-,26+,27-,28+/m1/s1. The van der Waals surface area contributed by atoms with E-state index in [0.29, 0.717) is 24.4 Å². The van der Waals surface area contributed by atoms with Crippen molar-refractivity contribution in [1.29, 1.82) is 0 Å². The molecule has 35 heavy (non-hydrogen) atoms. The van der Waals surface area contributed by atoms with E-state index in [9.17, 15) is 14.7 Å². The van der Waals surface area contributed by atoms with Crippen LogP contribution < -0.4 is 5.32 Å². The molecule has 4 aliphatic carbocycles. The largest absolute Gasteiger partial charge is 0.458 e. The SMILES string of the molecule is C[C@]12CC[C@H](OC(=O)N3CCNCC3)C[C@H]1CC[C@@H]1[C@@H]2CC[C@]2(C)[C@@H](C3=CC(=O)OC3)CC[C@]12O. The smallest absolute Gasteiger partial charge is 0.410 e. The summed E-state index contributed by atoms with van der Waals surface area (Å²) < 4.78 is 11.3. The van der Waals surface area contributed by atoms with Crippen molar-refractivity contribution >= 4 is 12.1 Å². The van der Waals surface area contributed by atoms with Gasteiger partial charge in [-0.3, -0.25) is 0 Å². The number of esters is 1. The highest BCUT2D eigenvalue weighted by Crippen LogP contribution is 2.70. The predicted octanol–water partition coefficient (Wildman–Crippen LogP) is 3.65. The summed E-state index contributed by atoms with van der Waals surface area (Å²) in [6.45, 7) is 8.29. The second kappa shape index (κ2) is 8.47. The first-order valence-electron chi connectivity index (χ1n) is 14.0. The van der Waals surface area contributed by atoms with Gasteiger partial charge in [0.1, 0.15) is 12.7 Å². The Balaban J connectivity index is 1.16. The second-order valence-corrected chi connectivity index (χ2v) is 12.8. The third kappa shape index (κ3) is 3.58. The summed E-state index contributed by atoms with van der Waals surface area (Å²) in [5.74, 6) is 1.39. The molecule has 0 radical (unpaired) electrons. The van der Waals surface area contributed by atoms with Crippen molar-refractivity contribution < 1.29 is 24.2 Å². The third-order valence-corrected chi connectivity index (χ3v) is 11.6. The van der Waals surface area contributed by atoms with E-state index in [4.69, 9.17) is 9.47 Å². The Morgan fingerprint density at radius 3 is 2.63 bits per heavy atom. The maximum absolute atomic E-state index is 12.7. The van der Waals surface area contributed by atoms with E-state index in [2.05, 4.69) is 19.2 Å². The van der Waals surface area contributed by atoms with Crippen LogP contribution in [-0.2, 0) is 14.3 Å². The molecule has 194 valence electrons. The van der Waals surface area contributed by atoms with Gasteiger partial charge < -0.3 is 24.8 Å². The van der Waals surface area contributed by atoms with Crippen LogP contribution in [0, 0.1) is 34.5 Å². The lowest BCUT2D eigenvalue weighted by Crippen LogP contribution is -2.62. The number of carbonyl (C=O) groups excluding carboxylic acids is 2. The number of nitrogens with zero attached hydrogens (tertiary/aromatic N) is 1. The van der Waals surface area contributed by atoms with Crippen LogP contribution in [0.25, 0.3) is 0 Å². The lowest BCUT2D eigenvalue weighted by molar-refractivity contribution is -0.208. The number of rotatable bonds is 2. The van der Waals surface area contributed by atoms with Gasteiger partial charge in [0.2, 0.25) is 0 Å². The van der Waals surface area contributed by atoms with Gasteiger partial charge in [0.05, 0.1) is 5.60 Å². The van der Waals surface area contributed by atoms with Crippen molar-refractivity contribution in [3.05, 3.63) is 11.6 Å². The molecule has 7 nitrogen and oxygen atoms in total. The Morgan fingerprint density at radius 2 is 1.89 bits per heavy atom. The number of carbonyl (C=O) groups is 2. The van der Waals surface area contributed by atoms with Crippen LogP contribution in [0.15, 0.2) is 11.6 Å². The Morgan fingerprint density at radius 1 is 1.09 bits per heavy atom. The molecule has 6 rings (SSSR count). The average molecular weight is 487 g/mol. The Labute approximate surface area is 209 Å². The molecular formula is C28H42N2O5. The average Bonchev–Trinajstić information content (AvgIpc) is 3.39. The van der Waals surface area contributed by atoms with Crippen LogP contribution in [0.2, 0.25) is 0 Å². The molecular weight excluding hydrogens is 444 g/mol. The minimum absolute atomic E-state index is 0.0201. The first-order chi connectivity index (χ1) is 16.7. The third-order valence-electron chi connectivity index (χ3n) is 11.6. The fourth-order valence-corrected chi connectivity index (χ4v) is 9.54. The molecule has 0 aromatic carbocycles. The highest BCUT2D eigenvalue weighted by atomic mass is 16.6. The van der Waals surface area contributed by atoms with Gasteiger partial charge in [-0.2, -0.15) is 0 Å². The number of hydrogen-bond donors (Lipinski definition) is 2. The van der Waals surface area contributed by atoms with Gasteiger partial charge in [-0.05, 0) is 92.4 Å². The van der Waals surface area contributed by atoms with E-state index in [0.717, 1.165) is 89.5 Å². The van der Waals surface area contributed by atoms with Gasteiger partial charge in [-0.15, -0.1) is 0 Å². The number of amides is 1. The lowest BCUT2D eigenvalue weighted by atomic mass is 9.43. The monoisotopic (exact) mass is 486 g/mol. The van der Waals surface area contributed by atoms with E-state index < -0.39 is 5.60 Å². The molecule has 0 aromatic heterocycles. The van der Waals surface area contributed by atoms with Crippen LogP contribution in [0.1, 0.15) is 71.6 Å². The maximum atomic E-state index is 12.7. The Kier molecular flexibility index (Phi) is 5.76. The number of fused-ring (bicyclic) bond motifs is 5. The lowest BCUT2D eigenvalue weighted by Gasteiger charge is -2.63.